The lowest BCUT2D eigenvalue weighted by Gasteiger charge is -2.18. The van der Waals surface area contributed by atoms with Gasteiger partial charge in [-0.1, -0.05) is 6.07 Å². The number of thiophene rings is 1. The number of aromatic nitrogens is 2. The monoisotopic (exact) mass is 245 g/mol. The van der Waals surface area contributed by atoms with Crippen LogP contribution in [0.15, 0.2) is 17.5 Å². The largest absolute Gasteiger partial charge is 0.373 e. The van der Waals surface area contributed by atoms with Crippen molar-refractivity contribution in [1.29, 1.82) is 0 Å². The first-order valence-electron chi connectivity index (χ1n) is 6.00. The minimum Gasteiger partial charge on any atom is -0.373 e. The highest BCUT2D eigenvalue weighted by atomic mass is 32.1. The molecule has 2 heterocycles. The maximum absolute atomic E-state index is 4.72. The van der Waals surface area contributed by atoms with E-state index in [2.05, 4.69) is 21.7 Å². The van der Waals surface area contributed by atoms with Crippen LogP contribution in [0.1, 0.15) is 24.1 Å². The fourth-order valence-electron chi connectivity index (χ4n) is 2.32. The van der Waals surface area contributed by atoms with Gasteiger partial charge in [0, 0.05) is 18.3 Å². The van der Waals surface area contributed by atoms with E-state index in [4.69, 9.17) is 4.98 Å². The van der Waals surface area contributed by atoms with Gasteiger partial charge in [0.25, 0.3) is 0 Å². The van der Waals surface area contributed by atoms with E-state index >= 15 is 0 Å². The Bertz CT molecular complexity index is 502. The lowest BCUT2D eigenvalue weighted by atomic mass is 9.96. The summed E-state index contributed by atoms with van der Waals surface area (Å²) in [6, 6.07) is 4.12. The Kier molecular flexibility index (Phi) is 2.81. The second-order valence-electron chi connectivity index (χ2n) is 4.26. The van der Waals surface area contributed by atoms with Gasteiger partial charge in [0.05, 0.1) is 4.88 Å². The van der Waals surface area contributed by atoms with Crippen molar-refractivity contribution in [3.8, 4) is 10.7 Å². The smallest absolute Gasteiger partial charge is 0.171 e. The van der Waals surface area contributed by atoms with E-state index in [1.165, 1.54) is 24.1 Å². The number of hydrogen-bond donors (Lipinski definition) is 1. The first-order valence-corrected chi connectivity index (χ1v) is 6.88. The number of aryl methyl sites for hydroxylation is 1. The van der Waals surface area contributed by atoms with Crippen molar-refractivity contribution in [1.82, 2.24) is 9.97 Å². The van der Waals surface area contributed by atoms with Gasteiger partial charge in [-0.05, 0) is 37.1 Å². The molecular weight excluding hydrogens is 230 g/mol. The molecule has 0 bridgehead atoms. The summed E-state index contributed by atoms with van der Waals surface area (Å²) in [5, 5.41) is 5.28. The van der Waals surface area contributed by atoms with Crippen LogP contribution < -0.4 is 5.32 Å². The second kappa shape index (κ2) is 4.45. The quantitative estimate of drug-likeness (QED) is 0.883. The first kappa shape index (κ1) is 10.7. The molecule has 88 valence electrons. The molecule has 3 rings (SSSR count). The molecule has 1 N–H and O–H groups in total. The summed E-state index contributed by atoms with van der Waals surface area (Å²) in [5.74, 6) is 1.88. The van der Waals surface area contributed by atoms with E-state index in [0.29, 0.717) is 0 Å². The Morgan fingerprint density at radius 2 is 2.12 bits per heavy atom. The predicted molar refractivity (Wildman–Crippen MR) is 71.5 cm³/mol. The maximum Gasteiger partial charge on any atom is 0.171 e. The molecular formula is C13H15N3S. The van der Waals surface area contributed by atoms with Crippen molar-refractivity contribution in [2.75, 3.05) is 12.4 Å². The van der Waals surface area contributed by atoms with Crippen LogP contribution in [0.2, 0.25) is 0 Å². The second-order valence-corrected chi connectivity index (χ2v) is 5.20. The number of nitrogens with one attached hydrogen (secondary N) is 1. The van der Waals surface area contributed by atoms with Gasteiger partial charge in [0.15, 0.2) is 5.82 Å². The van der Waals surface area contributed by atoms with Gasteiger partial charge in [-0.2, -0.15) is 0 Å². The maximum atomic E-state index is 4.72. The zero-order valence-corrected chi connectivity index (χ0v) is 10.7. The number of anilines is 1. The normalized spacial score (nSPS) is 14.4. The number of rotatable bonds is 2. The van der Waals surface area contributed by atoms with Crippen LogP contribution >= 0.6 is 11.3 Å². The van der Waals surface area contributed by atoms with E-state index in [0.717, 1.165) is 29.4 Å². The summed E-state index contributed by atoms with van der Waals surface area (Å²) in [7, 11) is 1.94. The van der Waals surface area contributed by atoms with Crippen molar-refractivity contribution in [2.45, 2.75) is 25.7 Å². The van der Waals surface area contributed by atoms with Crippen molar-refractivity contribution < 1.29 is 0 Å². The van der Waals surface area contributed by atoms with E-state index in [9.17, 15) is 0 Å². The first-order chi connectivity index (χ1) is 8.38. The van der Waals surface area contributed by atoms with Crippen LogP contribution in [-0.4, -0.2) is 17.0 Å². The number of nitrogens with zero attached hydrogens (tertiary/aromatic N) is 2. The molecule has 0 fully saturated rings. The summed E-state index contributed by atoms with van der Waals surface area (Å²) >= 11 is 1.69. The van der Waals surface area contributed by atoms with Gasteiger partial charge in [-0.25, -0.2) is 9.97 Å². The summed E-state index contributed by atoms with van der Waals surface area (Å²) in [4.78, 5) is 10.5. The SMILES string of the molecule is CNc1nc(-c2cccs2)nc2c1CCCC2. The Hall–Kier alpha value is -1.42. The Balaban J connectivity index is 2.12. The van der Waals surface area contributed by atoms with Gasteiger partial charge in [0.1, 0.15) is 5.82 Å². The van der Waals surface area contributed by atoms with E-state index in [1.807, 2.05) is 13.1 Å². The van der Waals surface area contributed by atoms with Crippen LogP contribution in [0.4, 0.5) is 5.82 Å². The lowest BCUT2D eigenvalue weighted by molar-refractivity contribution is 0.665. The average Bonchev–Trinajstić information content (AvgIpc) is 2.91. The highest BCUT2D eigenvalue weighted by Gasteiger charge is 2.17. The molecule has 17 heavy (non-hydrogen) atoms. The van der Waals surface area contributed by atoms with Crippen LogP contribution in [0, 0.1) is 0 Å². The molecule has 0 atom stereocenters. The molecule has 0 spiro atoms. The van der Waals surface area contributed by atoms with Gasteiger partial charge in [-0.3, -0.25) is 0 Å². The topological polar surface area (TPSA) is 37.8 Å². The summed E-state index contributed by atoms with van der Waals surface area (Å²) < 4.78 is 0. The highest BCUT2D eigenvalue weighted by molar-refractivity contribution is 7.13. The summed E-state index contributed by atoms with van der Waals surface area (Å²) in [5.41, 5.74) is 2.55. The number of fused-ring (bicyclic) bond motifs is 1. The van der Waals surface area contributed by atoms with Crippen LogP contribution in [0.5, 0.6) is 0 Å². The fraction of sp³-hybridized carbons (Fsp3) is 0.385. The van der Waals surface area contributed by atoms with Crippen LogP contribution in [0.3, 0.4) is 0 Å². The van der Waals surface area contributed by atoms with E-state index < -0.39 is 0 Å². The third kappa shape index (κ3) is 1.93. The van der Waals surface area contributed by atoms with Crippen molar-refractivity contribution in [3.05, 3.63) is 28.8 Å². The molecule has 3 nitrogen and oxygen atoms in total. The van der Waals surface area contributed by atoms with Gasteiger partial charge >= 0.3 is 0 Å². The zero-order chi connectivity index (χ0) is 11.7. The van der Waals surface area contributed by atoms with E-state index in [-0.39, 0.29) is 0 Å². The molecule has 0 saturated heterocycles. The molecule has 0 saturated carbocycles. The molecule has 1 aliphatic rings. The van der Waals surface area contributed by atoms with Crippen LogP contribution in [-0.2, 0) is 12.8 Å². The Morgan fingerprint density at radius 1 is 1.24 bits per heavy atom. The third-order valence-electron chi connectivity index (χ3n) is 3.16. The molecule has 1 aliphatic carbocycles. The summed E-state index contributed by atoms with van der Waals surface area (Å²) in [6.45, 7) is 0. The molecule has 4 heteroatoms. The van der Waals surface area contributed by atoms with Crippen molar-refractivity contribution in [3.63, 3.8) is 0 Å². The Morgan fingerprint density at radius 3 is 2.88 bits per heavy atom. The zero-order valence-electron chi connectivity index (χ0n) is 9.86. The molecule has 0 unspecified atom stereocenters. The Labute approximate surface area is 105 Å². The van der Waals surface area contributed by atoms with Crippen molar-refractivity contribution in [2.24, 2.45) is 0 Å². The van der Waals surface area contributed by atoms with Gasteiger partial charge in [-0.15, -0.1) is 11.3 Å². The lowest BCUT2D eigenvalue weighted by Crippen LogP contribution is -2.11. The minimum absolute atomic E-state index is 0.866. The summed E-state index contributed by atoms with van der Waals surface area (Å²) in [6.07, 6.45) is 4.70. The average molecular weight is 245 g/mol. The molecule has 0 amide bonds. The molecule has 2 aromatic rings. The molecule has 0 aliphatic heterocycles. The standard InChI is InChI=1S/C13H15N3S/c1-14-12-9-5-2-3-6-10(9)15-13(16-12)11-7-4-8-17-11/h4,7-8H,2-3,5-6H2,1H3,(H,14,15,16). The van der Waals surface area contributed by atoms with Gasteiger partial charge < -0.3 is 5.32 Å². The fourth-order valence-corrected chi connectivity index (χ4v) is 2.97. The van der Waals surface area contributed by atoms with E-state index in [1.54, 1.807) is 11.3 Å². The van der Waals surface area contributed by atoms with Gasteiger partial charge in [0.2, 0.25) is 0 Å². The third-order valence-corrected chi connectivity index (χ3v) is 4.03. The molecule has 0 aromatic carbocycles. The predicted octanol–water partition coefficient (Wildman–Crippen LogP) is 3.13. The molecule has 0 radical (unpaired) electrons. The van der Waals surface area contributed by atoms with Crippen molar-refractivity contribution >= 4 is 17.2 Å². The number of hydrogen-bond acceptors (Lipinski definition) is 4. The minimum atomic E-state index is 0.866. The van der Waals surface area contributed by atoms with Crippen LogP contribution in [0.25, 0.3) is 10.7 Å². The molecule has 2 aromatic heterocycles. The highest BCUT2D eigenvalue weighted by Crippen LogP contribution is 2.29.